The van der Waals surface area contributed by atoms with Crippen LogP contribution in [0.5, 0.6) is 5.75 Å². The number of carbonyl (C=O) groups is 1. The molecule has 6 rings (SSSR count). The first-order chi connectivity index (χ1) is 18.7. The molecule has 3 aromatic carbocycles. The first kappa shape index (κ1) is 25.0. The summed E-state index contributed by atoms with van der Waals surface area (Å²) < 4.78 is 12.2. The van der Waals surface area contributed by atoms with Gasteiger partial charge in [-0.2, -0.15) is 0 Å². The van der Waals surface area contributed by atoms with Crippen molar-refractivity contribution in [1.29, 1.82) is 0 Å². The van der Waals surface area contributed by atoms with Gasteiger partial charge in [0.25, 0.3) is 0 Å². The number of aromatic nitrogens is 2. The summed E-state index contributed by atoms with van der Waals surface area (Å²) in [6, 6.07) is 22.0. The number of nitrogens with zero attached hydrogens (tertiary/aromatic N) is 2. The molecule has 1 unspecified atom stereocenters. The van der Waals surface area contributed by atoms with Crippen molar-refractivity contribution in [2.24, 2.45) is 0 Å². The molecule has 0 amide bonds. The Morgan fingerprint density at radius 2 is 1.85 bits per heavy atom. The molecule has 196 valence electrons. The molecular weight excluding hydrogens is 488 g/mol. The normalized spacial score (nSPS) is 13.8. The number of aliphatic carboxylic acids is 1. The van der Waals surface area contributed by atoms with E-state index in [2.05, 4.69) is 0 Å². The summed E-state index contributed by atoms with van der Waals surface area (Å²) in [5.74, 6) is -0.242. The lowest BCUT2D eigenvalue weighted by molar-refractivity contribution is -0.160. The van der Waals surface area contributed by atoms with E-state index in [0.29, 0.717) is 12.2 Å². The number of carboxylic acids is 1. The molecule has 0 bridgehead atoms. The molecule has 0 aliphatic carbocycles. The maximum Gasteiger partial charge on any atom is 0.337 e. The predicted molar refractivity (Wildman–Crippen MR) is 153 cm³/mol. The van der Waals surface area contributed by atoms with Crippen LogP contribution in [-0.4, -0.2) is 33.3 Å². The monoisotopic (exact) mass is 518 g/mol. The maximum atomic E-state index is 12.7. The van der Waals surface area contributed by atoms with Gasteiger partial charge in [0.15, 0.2) is 6.10 Å². The molecular formula is C33H30N2O4. The second-order valence-corrected chi connectivity index (χ2v) is 11.0. The largest absolute Gasteiger partial charge is 0.493 e. The van der Waals surface area contributed by atoms with E-state index in [9.17, 15) is 9.90 Å². The van der Waals surface area contributed by atoms with E-state index in [4.69, 9.17) is 19.4 Å². The minimum atomic E-state index is -1.18. The number of aryl methyl sites for hydroxylation is 1. The van der Waals surface area contributed by atoms with Gasteiger partial charge in [-0.05, 0) is 74.7 Å². The van der Waals surface area contributed by atoms with Gasteiger partial charge in [0.05, 0.1) is 28.9 Å². The fraction of sp³-hybridized carbons (Fsp3) is 0.242. The zero-order valence-corrected chi connectivity index (χ0v) is 22.5. The third kappa shape index (κ3) is 4.51. The summed E-state index contributed by atoms with van der Waals surface area (Å²) in [7, 11) is 0. The van der Waals surface area contributed by atoms with Gasteiger partial charge in [0.2, 0.25) is 0 Å². The van der Waals surface area contributed by atoms with Gasteiger partial charge in [0, 0.05) is 40.1 Å². The van der Waals surface area contributed by atoms with E-state index < -0.39 is 17.7 Å². The molecule has 6 nitrogen and oxygen atoms in total. The molecule has 0 saturated heterocycles. The number of ether oxygens (including phenoxy) is 2. The van der Waals surface area contributed by atoms with Crippen LogP contribution >= 0.6 is 0 Å². The van der Waals surface area contributed by atoms with E-state index in [1.165, 1.54) is 5.56 Å². The van der Waals surface area contributed by atoms with E-state index in [1.54, 1.807) is 0 Å². The molecule has 0 saturated carbocycles. The highest BCUT2D eigenvalue weighted by atomic mass is 16.5. The fourth-order valence-corrected chi connectivity index (χ4v) is 5.51. The van der Waals surface area contributed by atoms with Crippen LogP contribution in [0.2, 0.25) is 0 Å². The lowest BCUT2D eigenvalue weighted by atomic mass is 9.86. The zero-order valence-electron chi connectivity index (χ0n) is 22.5. The van der Waals surface area contributed by atoms with Crippen molar-refractivity contribution in [3.8, 4) is 28.1 Å². The zero-order chi connectivity index (χ0) is 27.3. The number of rotatable bonds is 5. The fourth-order valence-electron chi connectivity index (χ4n) is 5.51. The van der Waals surface area contributed by atoms with Gasteiger partial charge in [-0.15, -0.1) is 0 Å². The standard InChI is InChI=1S/C33H30N2O4/c1-19-18-25-22(10-12-24(35-25)20-8-6-5-7-9-20)29(27(19)31(32(36)37)39-33(2,3)4)23-11-13-26-28-21(15-17-38-26)14-16-34-30(23)28/h5-14,16,18,31H,15,17H2,1-4H3,(H,36,37). The number of carboxylic acid groups (broad SMARTS) is 1. The second-order valence-electron chi connectivity index (χ2n) is 11.0. The Bertz CT molecular complexity index is 1730. The molecule has 39 heavy (non-hydrogen) atoms. The predicted octanol–water partition coefficient (Wildman–Crippen LogP) is 7.30. The Morgan fingerprint density at radius 1 is 1.05 bits per heavy atom. The smallest absolute Gasteiger partial charge is 0.337 e. The number of pyridine rings is 2. The minimum absolute atomic E-state index is 0.610. The SMILES string of the molecule is Cc1cc2nc(-c3ccccc3)ccc2c(-c2ccc3c4c(ccnc24)CCO3)c1C(OC(C)(C)C)C(=O)O. The molecule has 1 aliphatic heterocycles. The highest BCUT2D eigenvalue weighted by Crippen LogP contribution is 2.45. The molecule has 1 aliphatic rings. The van der Waals surface area contributed by atoms with E-state index in [1.807, 2.05) is 101 Å². The Kier molecular flexibility index (Phi) is 6.07. The van der Waals surface area contributed by atoms with Crippen LogP contribution in [0.4, 0.5) is 0 Å². The highest BCUT2D eigenvalue weighted by molar-refractivity contribution is 6.08. The molecule has 0 fully saturated rings. The van der Waals surface area contributed by atoms with Crippen molar-refractivity contribution in [2.45, 2.75) is 45.8 Å². The van der Waals surface area contributed by atoms with Crippen molar-refractivity contribution < 1.29 is 19.4 Å². The first-order valence-electron chi connectivity index (χ1n) is 13.2. The van der Waals surface area contributed by atoms with Gasteiger partial charge in [-0.1, -0.05) is 36.4 Å². The van der Waals surface area contributed by atoms with Crippen molar-refractivity contribution >= 4 is 27.8 Å². The van der Waals surface area contributed by atoms with Crippen LogP contribution in [0.3, 0.4) is 0 Å². The quantitative estimate of drug-likeness (QED) is 0.263. The number of hydrogen-bond acceptors (Lipinski definition) is 5. The molecule has 1 atom stereocenters. The van der Waals surface area contributed by atoms with Crippen LogP contribution in [0.15, 0.2) is 72.9 Å². The van der Waals surface area contributed by atoms with Crippen molar-refractivity contribution in [3.63, 3.8) is 0 Å². The number of fused-ring (bicyclic) bond motifs is 1. The summed E-state index contributed by atoms with van der Waals surface area (Å²) in [5.41, 5.74) is 6.94. The van der Waals surface area contributed by atoms with Gasteiger partial charge in [-0.3, -0.25) is 4.98 Å². The van der Waals surface area contributed by atoms with Crippen LogP contribution in [0.25, 0.3) is 44.2 Å². The Labute approximate surface area is 227 Å². The molecule has 3 heterocycles. The summed E-state index contributed by atoms with van der Waals surface area (Å²) >= 11 is 0. The molecule has 1 N–H and O–H groups in total. The molecule has 5 aromatic rings. The lowest BCUT2D eigenvalue weighted by Gasteiger charge is -2.29. The minimum Gasteiger partial charge on any atom is -0.493 e. The van der Waals surface area contributed by atoms with Crippen molar-refractivity contribution in [1.82, 2.24) is 9.97 Å². The number of hydrogen-bond donors (Lipinski definition) is 1. The summed E-state index contributed by atoms with van der Waals surface area (Å²) in [6.45, 7) is 8.16. The van der Waals surface area contributed by atoms with Crippen LogP contribution in [0.1, 0.15) is 43.6 Å². The van der Waals surface area contributed by atoms with Crippen molar-refractivity contribution in [3.05, 3.63) is 89.6 Å². The molecule has 2 aromatic heterocycles. The second kappa shape index (κ2) is 9.47. The summed E-state index contributed by atoms with van der Waals surface area (Å²) in [4.78, 5) is 22.6. The molecule has 0 spiro atoms. The molecule has 6 heteroatoms. The molecule has 0 radical (unpaired) electrons. The van der Waals surface area contributed by atoms with E-state index in [0.717, 1.165) is 61.9 Å². The maximum absolute atomic E-state index is 12.7. The van der Waals surface area contributed by atoms with Gasteiger partial charge in [0.1, 0.15) is 5.75 Å². The summed E-state index contributed by atoms with van der Waals surface area (Å²) in [5, 5.41) is 12.2. The van der Waals surface area contributed by atoms with Gasteiger partial charge >= 0.3 is 5.97 Å². The summed E-state index contributed by atoms with van der Waals surface area (Å²) in [6.07, 6.45) is 1.43. The Morgan fingerprint density at radius 3 is 2.59 bits per heavy atom. The van der Waals surface area contributed by atoms with E-state index >= 15 is 0 Å². The Balaban J connectivity index is 1.70. The van der Waals surface area contributed by atoms with Gasteiger partial charge < -0.3 is 14.6 Å². The average molecular weight is 519 g/mol. The van der Waals surface area contributed by atoms with Crippen LogP contribution in [0, 0.1) is 6.92 Å². The van der Waals surface area contributed by atoms with Gasteiger partial charge in [-0.25, -0.2) is 9.78 Å². The Hall–Kier alpha value is -4.29. The first-order valence-corrected chi connectivity index (χ1v) is 13.2. The van der Waals surface area contributed by atoms with Crippen LogP contribution < -0.4 is 4.74 Å². The number of benzene rings is 3. The third-order valence-corrected chi connectivity index (χ3v) is 7.11. The third-order valence-electron chi connectivity index (χ3n) is 7.11. The van der Waals surface area contributed by atoms with E-state index in [-0.39, 0.29) is 0 Å². The van der Waals surface area contributed by atoms with Crippen molar-refractivity contribution in [2.75, 3.05) is 6.61 Å². The average Bonchev–Trinajstić information content (AvgIpc) is 2.91. The lowest BCUT2D eigenvalue weighted by Crippen LogP contribution is -2.28. The highest BCUT2D eigenvalue weighted by Gasteiger charge is 2.33. The van der Waals surface area contributed by atoms with Crippen LogP contribution in [-0.2, 0) is 16.0 Å². The topological polar surface area (TPSA) is 81.5 Å².